The molecule has 2 atom stereocenters. The first-order valence-electron chi connectivity index (χ1n) is 10.8. The van der Waals surface area contributed by atoms with Gasteiger partial charge in [0, 0.05) is 25.6 Å². The maximum absolute atomic E-state index is 13.1. The van der Waals surface area contributed by atoms with Crippen LogP contribution in [0.25, 0.3) is 0 Å². The third-order valence-corrected chi connectivity index (χ3v) is 6.65. The van der Waals surface area contributed by atoms with E-state index >= 15 is 0 Å². The predicted octanol–water partition coefficient (Wildman–Crippen LogP) is 4.03. The van der Waals surface area contributed by atoms with Gasteiger partial charge in [-0.3, -0.25) is 9.59 Å². The topological polar surface area (TPSA) is 49.4 Å². The minimum absolute atomic E-state index is 0.0160. The average molecular weight is 349 g/mol. The zero-order valence-electron chi connectivity index (χ0n) is 15.8. The number of carbonyl (C=O) groups excluding carboxylic acids is 2. The van der Waals surface area contributed by atoms with Crippen molar-refractivity contribution in [2.24, 2.45) is 11.8 Å². The third-order valence-electron chi connectivity index (χ3n) is 6.65. The standard InChI is InChI=1S/C21H36N2O2/c24-20(14-13-17-9-3-4-10-17)23-16-8-2-1-7-15-22-21(25)18-11-5-6-12-19(18)23/h17-19H,1-16H2,(H,22,25)/t18-,19+/m1/s1. The van der Waals surface area contributed by atoms with Gasteiger partial charge in [-0.2, -0.15) is 0 Å². The number of fused-ring (bicyclic) bond motifs is 1. The number of carbonyl (C=O) groups is 2. The summed E-state index contributed by atoms with van der Waals surface area (Å²) in [5, 5.41) is 3.14. The minimum Gasteiger partial charge on any atom is -0.356 e. The highest BCUT2D eigenvalue weighted by atomic mass is 16.2. The van der Waals surface area contributed by atoms with E-state index in [2.05, 4.69) is 10.2 Å². The lowest BCUT2D eigenvalue weighted by molar-refractivity contribution is -0.139. The van der Waals surface area contributed by atoms with E-state index in [4.69, 9.17) is 0 Å². The Bertz CT molecular complexity index is 445. The highest BCUT2D eigenvalue weighted by Crippen LogP contribution is 2.32. The van der Waals surface area contributed by atoms with Crippen molar-refractivity contribution in [3.8, 4) is 0 Å². The molecule has 4 heteroatoms. The first kappa shape index (κ1) is 18.7. The molecule has 25 heavy (non-hydrogen) atoms. The summed E-state index contributed by atoms with van der Waals surface area (Å²) in [7, 11) is 0. The predicted molar refractivity (Wildman–Crippen MR) is 100 cm³/mol. The molecule has 1 aliphatic heterocycles. The van der Waals surface area contributed by atoms with Crippen LogP contribution in [0.1, 0.15) is 89.9 Å². The zero-order valence-corrected chi connectivity index (χ0v) is 15.8. The molecule has 0 spiro atoms. The largest absolute Gasteiger partial charge is 0.356 e. The summed E-state index contributed by atoms with van der Waals surface area (Å²) in [5.41, 5.74) is 0. The van der Waals surface area contributed by atoms with Gasteiger partial charge in [0.1, 0.15) is 0 Å². The van der Waals surface area contributed by atoms with Gasteiger partial charge < -0.3 is 10.2 Å². The first-order valence-corrected chi connectivity index (χ1v) is 10.8. The van der Waals surface area contributed by atoms with Crippen LogP contribution in [0.5, 0.6) is 0 Å². The molecule has 1 saturated heterocycles. The van der Waals surface area contributed by atoms with Crippen LogP contribution in [0.3, 0.4) is 0 Å². The van der Waals surface area contributed by atoms with Crippen LogP contribution in [-0.2, 0) is 9.59 Å². The van der Waals surface area contributed by atoms with E-state index in [1.54, 1.807) is 0 Å². The van der Waals surface area contributed by atoms with Crippen molar-refractivity contribution < 1.29 is 9.59 Å². The van der Waals surface area contributed by atoms with Crippen LogP contribution >= 0.6 is 0 Å². The van der Waals surface area contributed by atoms with Gasteiger partial charge in [-0.25, -0.2) is 0 Å². The number of nitrogens with zero attached hydrogens (tertiary/aromatic N) is 1. The summed E-state index contributed by atoms with van der Waals surface area (Å²) in [6, 6.07) is 0.142. The lowest BCUT2D eigenvalue weighted by Gasteiger charge is -2.39. The van der Waals surface area contributed by atoms with Gasteiger partial charge in [-0.15, -0.1) is 0 Å². The third kappa shape index (κ3) is 5.21. The van der Waals surface area contributed by atoms with E-state index in [0.717, 1.165) is 70.4 Å². The molecule has 0 radical (unpaired) electrons. The van der Waals surface area contributed by atoms with E-state index in [-0.39, 0.29) is 17.9 Å². The Balaban J connectivity index is 1.66. The molecule has 4 nitrogen and oxygen atoms in total. The maximum atomic E-state index is 13.1. The fourth-order valence-corrected chi connectivity index (χ4v) is 5.14. The van der Waals surface area contributed by atoms with Crippen molar-refractivity contribution in [2.45, 2.75) is 95.9 Å². The highest BCUT2D eigenvalue weighted by molar-refractivity contribution is 5.82. The molecule has 0 aromatic rings. The van der Waals surface area contributed by atoms with E-state index in [1.807, 2.05) is 0 Å². The van der Waals surface area contributed by atoms with Crippen LogP contribution < -0.4 is 5.32 Å². The SMILES string of the molecule is O=C1NCCCCCCN(C(=O)CCC2CCCC2)[C@H]2CCCC[C@@H]12. The Morgan fingerprint density at radius 3 is 2.48 bits per heavy atom. The Kier molecular flexibility index (Phi) is 7.18. The average Bonchev–Trinajstić information content (AvgIpc) is 3.14. The number of rotatable bonds is 3. The van der Waals surface area contributed by atoms with Gasteiger partial charge in [0.05, 0.1) is 5.92 Å². The summed E-state index contributed by atoms with van der Waals surface area (Å²) in [6.07, 6.45) is 15.7. The molecule has 3 aliphatic rings. The summed E-state index contributed by atoms with van der Waals surface area (Å²) in [4.78, 5) is 27.9. The van der Waals surface area contributed by atoms with Gasteiger partial charge in [-0.05, 0) is 38.0 Å². The van der Waals surface area contributed by atoms with Gasteiger partial charge in [0.15, 0.2) is 0 Å². The fraction of sp³-hybridized carbons (Fsp3) is 0.905. The summed E-state index contributed by atoms with van der Waals surface area (Å²) in [5.74, 6) is 1.29. The van der Waals surface area contributed by atoms with Crippen LogP contribution in [0.2, 0.25) is 0 Å². The van der Waals surface area contributed by atoms with Crippen molar-refractivity contribution in [1.29, 1.82) is 0 Å². The van der Waals surface area contributed by atoms with E-state index in [1.165, 1.54) is 32.1 Å². The fourth-order valence-electron chi connectivity index (χ4n) is 5.14. The van der Waals surface area contributed by atoms with Crippen LogP contribution in [0, 0.1) is 11.8 Å². The van der Waals surface area contributed by atoms with E-state index in [0.29, 0.717) is 12.3 Å². The monoisotopic (exact) mass is 348 g/mol. The quantitative estimate of drug-likeness (QED) is 0.837. The molecular weight excluding hydrogens is 312 g/mol. The van der Waals surface area contributed by atoms with Gasteiger partial charge in [0.25, 0.3) is 0 Å². The number of nitrogens with one attached hydrogen (secondary N) is 1. The smallest absolute Gasteiger partial charge is 0.225 e. The first-order chi connectivity index (χ1) is 12.3. The van der Waals surface area contributed by atoms with Gasteiger partial charge >= 0.3 is 0 Å². The molecule has 1 heterocycles. The Hall–Kier alpha value is -1.06. The molecule has 2 saturated carbocycles. The van der Waals surface area contributed by atoms with Crippen LogP contribution in [0.4, 0.5) is 0 Å². The molecule has 1 N–H and O–H groups in total. The van der Waals surface area contributed by atoms with Crippen molar-refractivity contribution in [3.63, 3.8) is 0 Å². The van der Waals surface area contributed by atoms with Crippen LogP contribution in [0.15, 0.2) is 0 Å². The molecule has 0 unspecified atom stereocenters. The van der Waals surface area contributed by atoms with E-state index < -0.39 is 0 Å². The van der Waals surface area contributed by atoms with Crippen molar-refractivity contribution in [2.75, 3.05) is 13.1 Å². The summed E-state index contributed by atoms with van der Waals surface area (Å²) >= 11 is 0. The second kappa shape index (κ2) is 9.59. The molecular formula is C21H36N2O2. The summed E-state index contributed by atoms with van der Waals surface area (Å²) < 4.78 is 0. The lowest BCUT2D eigenvalue weighted by atomic mass is 9.82. The lowest BCUT2D eigenvalue weighted by Crippen LogP contribution is -2.51. The molecule has 0 aromatic heterocycles. The Labute approximate surface area is 153 Å². The molecule has 2 aliphatic carbocycles. The molecule has 0 aromatic carbocycles. The number of amides is 2. The number of hydrogen-bond acceptors (Lipinski definition) is 2. The Morgan fingerprint density at radius 1 is 0.920 bits per heavy atom. The zero-order chi connectivity index (χ0) is 17.5. The number of hydrogen-bond donors (Lipinski definition) is 1. The molecule has 0 bridgehead atoms. The molecule has 3 fully saturated rings. The summed E-state index contributed by atoms with van der Waals surface area (Å²) in [6.45, 7) is 1.66. The molecule has 142 valence electrons. The second-order valence-corrected chi connectivity index (χ2v) is 8.44. The normalized spacial score (nSPS) is 29.6. The Morgan fingerprint density at radius 2 is 1.64 bits per heavy atom. The highest BCUT2D eigenvalue weighted by Gasteiger charge is 2.36. The van der Waals surface area contributed by atoms with Gasteiger partial charge in [-0.1, -0.05) is 51.4 Å². The van der Waals surface area contributed by atoms with Gasteiger partial charge in [0.2, 0.25) is 11.8 Å². The van der Waals surface area contributed by atoms with E-state index in [9.17, 15) is 9.59 Å². The minimum atomic E-state index is 0.0160. The maximum Gasteiger partial charge on any atom is 0.225 e. The van der Waals surface area contributed by atoms with Crippen LogP contribution in [-0.4, -0.2) is 35.8 Å². The van der Waals surface area contributed by atoms with Crippen molar-refractivity contribution in [3.05, 3.63) is 0 Å². The van der Waals surface area contributed by atoms with Crippen molar-refractivity contribution in [1.82, 2.24) is 10.2 Å². The van der Waals surface area contributed by atoms with Crippen molar-refractivity contribution >= 4 is 11.8 Å². The molecule has 2 amide bonds. The molecule has 3 rings (SSSR count). The second-order valence-electron chi connectivity index (χ2n) is 8.44.